The number of Topliss-reactive ketones (excluding diaryl/α,β-unsaturated/α-hetero) is 1. The number of primary amides is 1. The van der Waals surface area contributed by atoms with Crippen LogP contribution in [0.1, 0.15) is 184 Å². The number of urea groups is 1. The van der Waals surface area contributed by atoms with Crippen molar-refractivity contribution in [2.24, 2.45) is 5.73 Å². The van der Waals surface area contributed by atoms with E-state index in [1.165, 1.54) is 0 Å². The number of aliphatic hydroxyl groups is 1. The summed E-state index contributed by atoms with van der Waals surface area (Å²) >= 11 is 0. The lowest BCUT2D eigenvalue weighted by molar-refractivity contribution is -0.138. The number of hydrogen-bond acceptors (Lipinski definition) is 21. The molecule has 0 saturated heterocycles. The van der Waals surface area contributed by atoms with Crippen LogP contribution in [0.25, 0.3) is 0 Å². The topological polar surface area (TPSA) is 557 Å². The molecule has 0 bridgehead atoms. The van der Waals surface area contributed by atoms with E-state index < -0.39 is 90.0 Å². The van der Waals surface area contributed by atoms with E-state index in [-0.39, 0.29) is 237 Å². The summed E-state index contributed by atoms with van der Waals surface area (Å²) in [4.78, 5) is 202. The van der Waals surface area contributed by atoms with Crippen LogP contribution in [0.3, 0.4) is 0 Å². The Balaban J connectivity index is 1.06. The molecule has 1 heterocycles. The van der Waals surface area contributed by atoms with Gasteiger partial charge in [0.25, 0.3) is 0 Å². The number of carboxylic acids is 1. The second kappa shape index (κ2) is 56.5. The number of hydrogen-bond donors (Lipinski definition) is 17. The maximum atomic E-state index is 14.4. The number of ether oxygens (including phenoxy) is 4. The third kappa shape index (κ3) is 44.3. The van der Waals surface area contributed by atoms with Gasteiger partial charge in [-0.3, -0.25) is 71.9 Å². The molecule has 1 aliphatic carbocycles. The molecule has 4 atom stereocenters. The van der Waals surface area contributed by atoms with Gasteiger partial charge in [-0.1, -0.05) is 55.7 Å². The minimum absolute atomic E-state index is 0.00876. The molecule has 0 aliphatic heterocycles. The lowest BCUT2D eigenvalue weighted by Crippen LogP contribution is -2.63. The Morgan fingerprint density at radius 3 is 1.55 bits per heavy atom. The molecule has 0 spiro atoms. The highest BCUT2D eigenvalue weighted by molar-refractivity contribution is 7.53. The first-order valence-electron chi connectivity index (χ1n) is 40.0. The van der Waals surface area contributed by atoms with E-state index in [1.807, 2.05) is 25.1 Å². The molecule has 18 N–H and O–H groups in total. The third-order valence-electron chi connectivity index (χ3n) is 18.9. The summed E-state index contributed by atoms with van der Waals surface area (Å²) in [6, 6.07) is 13.6. The molecule has 2 aromatic carbocycles. The number of para-hydroxylation sites is 1. The molecule has 3 aromatic rings. The molecule has 1 unspecified atom stereocenters. The van der Waals surface area contributed by atoms with Gasteiger partial charge in [0, 0.05) is 121 Å². The molecule has 650 valence electrons. The summed E-state index contributed by atoms with van der Waals surface area (Å²) in [5.74, 6) is -6.73. The highest BCUT2D eigenvalue weighted by atomic mass is 31.2. The number of rotatable bonds is 62. The molecule has 37 nitrogen and oxygen atoms in total. The Morgan fingerprint density at radius 1 is 0.504 bits per heavy atom. The normalized spacial score (nSPS) is 13.6. The quantitative estimate of drug-likeness (QED) is 0.0285. The number of benzene rings is 2. The van der Waals surface area contributed by atoms with Gasteiger partial charge in [0.1, 0.15) is 29.4 Å². The van der Waals surface area contributed by atoms with E-state index in [0.717, 1.165) is 24.5 Å². The highest BCUT2D eigenvalue weighted by Gasteiger charge is 2.43. The summed E-state index contributed by atoms with van der Waals surface area (Å²) in [7, 11) is -4.70. The Hall–Kier alpha value is -9.88. The molecule has 1 aromatic heterocycles. The van der Waals surface area contributed by atoms with Crippen LogP contribution in [0.2, 0.25) is 0 Å². The zero-order valence-corrected chi connectivity index (χ0v) is 68.1. The van der Waals surface area contributed by atoms with Crippen LogP contribution < -0.4 is 69.5 Å². The average Bonchev–Trinajstić information content (AvgIpc) is 0.808. The number of nitrogens with two attached hydrogens (primary N) is 1. The number of nitrogens with one attached hydrogen (secondary N) is 12. The number of aromatic nitrogens is 1. The largest absolute Gasteiger partial charge is 0.481 e. The molecular weight excluding hydrogens is 1540 g/mol. The van der Waals surface area contributed by atoms with E-state index >= 15 is 0 Å². The Morgan fingerprint density at radius 2 is 1.01 bits per heavy atom. The summed E-state index contributed by atoms with van der Waals surface area (Å²) < 4.78 is 33.5. The number of nitrogens with zero attached hydrogens (tertiary/aromatic N) is 1. The smallest absolute Gasteiger partial charge is 0.356 e. The fourth-order valence-corrected chi connectivity index (χ4v) is 12.5. The summed E-state index contributed by atoms with van der Waals surface area (Å²) in [6.45, 7) is 5.24. The van der Waals surface area contributed by atoms with Crippen LogP contribution in [0.15, 0.2) is 73.1 Å². The predicted octanol–water partition coefficient (Wildman–Crippen LogP) is 2.68. The van der Waals surface area contributed by atoms with Gasteiger partial charge in [-0.25, -0.2) is 4.79 Å². The van der Waals surface area contributed by atoms with Crippen molar-refractivity contribution in [1.29, 1.82) is 0 Å². The van der Waals surface area contributed by atoms with E-state index in [0.29, 0.717) is 68.3 Å². The average molecular weight is 1670 g/mol. The van der Waals surface area contributed by atoms with E-state index in [4.69, 9.17) is 24.7 Å². The maximum Gasteiger partial charge on any atom is 0.356 e. The Kier molecular flexibility index (Phi) is 48.0. The second-order valence-corrected chi connectivity index (χ2v) is 30.8. The molecule has 117 heavy (non-hydrogen) atoms. The van der Waals surface area contributed by atoms with Crippen LogP contribution >= 0.6 is 7.60 Å². The van der Waals surface area contributed by atoms with Gasteiger partial charge in [0.15, 0.2) is 5.34 Å². The number of ketones is 1. The summed E-state index contributed by atoms with van der Waals surface area (Å²) in [6.07, 6.45) is 7.87. The van der Waals surface area contributed by atoms with Gasteiger partial charge in [-0.15, -0.1) is 0 Å². The molecule has 1 aliphatic rings. The number of aryl methyl sites for hydroxylation is 2. The zero-order chi connectivity index (χ0) is 85.7. The van der Waals surface area contributed by atoms with Crippen LogP contribution in [0.5, 0.6) is 0 Å². The van der Waals surface area contributed by atoms with E-state index in [2.05, 4.69) is 68.8 Å². The van der Waals surface area contributed by atoms with Crippen molar-refractivity contribution in [3.05, 3.63) is 89.7 Å². The lowest BCUT2D eigenvalue weighted by Gasteiger charge is -2.38. The number of anilines is 2. The van der Waals surface area contributed by atoms with Gasteiger partial charge >= 0.3 is 19.6 Å². The minimum atomic E-state index is -4.70. The standard InChI is InChI=1S/C79H121N14O23P/c1-56-16-4-5-19-61(56)92-77(108)88-59-27-24-57(25-28-59)54-71(101)90-63(21-8-13-41-82-65(95)30-26-58-17-15-39-81-55-58)74(105)91-64(22-14-23-72(102)103)75(106)93-79(37-9-3-10-38-79)76(107)87-45-49-116-53-52-115-47-43-85-68(98)33-32-67(97)84-42-46-113-50-51-114-48-44-86-69(99)34-35-70(100)89-62(73(80)104)20-7-12-40-83-66(96)31-29-60(94)18-6-11-36-78(2,109)117(110,111)112/h4-5,15-17,19,24-25,27-28,39,55,62-64,109H,3,6-14,18,20-23,26,29-38,40-54H2,1-2H3,(H2,80,104)(H,82,95)(H,83,96)(H,84,97)(H,85,98)(H,86,99)(H,87,107)(H,89,100)(H,90,101)(H,91,105)(H,93,106)(H,102,103)(H2,88,92,108)(H2,110,111,112)/t62-,63-,64-,78?/m0/s1. The van der Waals surface area contributed by atoms with Gasteiger partial charge in [0.2, 0.25) is 65.0 Å². The van der Waals surface area contributed by atoms with Crippen molar-refractivity contribution in [3.8, 4) is 0 Å². The number of pyridine rings is 1. The van der Waals surface area contributed by atoms with Crippen LogP contribution in [0.4, 0.5) is 16.2 Å². The van der Waals surface area contributed by atoms with Gasteiger partial charge < -0.3 is 108 Å². The van der Waals surface area contributed by atoms with Crippen molar-refractivity contribution in [2.45, 2.75) is 216 Å². The number of unbranched alkanes of at least 4 members (excludes halogenated alkanes) is 3. The number of carboxylic acid groups (broad SMARTS) is 1. The fraction of sp³-hybridized carbons (Fsp3) is 0.608. The highest BCUT2D eigenvalue weighted by Crippen LogP contribution is 2.51. The predicted molar refractivity (Wildman–Crippen MR) is 430 cm³/mol. The fourth-order valence-electron chi connectivity index (χ4n) is 12.1. The minimum Gasteiger partial charge on any atom is -0.481 e. The second-order valence-electron chi connectivity index (χ2n) is 28.7. The van der Waals surface area contributed by atoms with Crippen LogP contribution in [-0.2, 0) is 98.7 Å². The SMILES string of the molecule is Cc1ccccc1NC(=O)Nc1ccc(CC(=O)N[C@@H](CCCCNC(=O)CCc2cccnc2)C(=O)N[C@@H](CCCC(=O)O)C(=O)NC2(C(=O)NCCOCCOCCNC(=O)CCC(=O)NCCOCCOCCNC(=O)CCC(=O)N[C@@H](CCCCNC(=O)CCC(=O)CCCCC(C)(O)P(=O)(O)O)C(N)=O)CCCCC2)cc1. The van der Waals surface area contributed by atoms with Crippen molar-refractivity contribution < 1.29 is 111 Å². The van der Waals surface area contributed by atoms with Crippen molar-refractivity contribution in [2.75, 3.05) is 103 Å². The van der Waals surface area contributed by atoms with E-state index in [9.17, 15) is 91.7 Å². The van der Waals surface area contributed by atoms with Crippen molar-refractivity contribution in [3.63, 3.8) is 0 Å². The molecule has 38 heteroatoms. The first-order valence-corrected chi connectivity index (χ1v) is 41.6. The number of carbonyl (C=O) groups excluding carboxylic acids is 13. The molecule has 1 saturated carbocycles. The van der Waals surface area contributed by atoms with Gasteiger partial charge in [0.05, 0.1) is 59.3 Å². The molecule has 0 radical (unpaired) electrons. The lowest BCUT2D eigenvalue weighted by atomic mass is 9.80. The van der Waals surface area contributed by atoms with Gasteiger partial charge in [-0.05, 0) is 145 Å². The number of aliphatic carboxylic acids is 1. The van der Waals surface area contributed by atoms with Crippen molar-refractivity contribution >= 4 is 102 Å². The van der Waals surface area contributed by atoms with Crippen molar-refractivity contribution in [1.82, 2.24) is 58.2 Å². The molecule has 1 fully saturated rings. The molecule has 4 rings (SSSR count). The first-order chi connectivity index (χ1) is 55.9. The van der Waals surface area contributed by atoms with Gasteiger partial charge in [-0.2, -0.15) is 0 Å². The zero-order valence-electron chi connectivity index (χ0n) is 67.2. The Bertz CT molecular complexity index is 3680. The number of carbonyl (C=O) groups is 14. The van der Waals surface area contributed by atoms with E-state index in [1.54, 1.807) is 54.9 Å². The Labute approximate surface area is 682 Å². The maximum absolute atomic E-state index is 14.4. The summed E-state index contributed by atoms with van der Waals surface area (Å²) in [5.41, 5.74) is 7.55. The monoisotopic (exact) mass is 1660 g/mol. The van der Waals surface area contributed by atoms with Crippen LogP contribution in [0, 0.1) is 6.92 Å². The molecule has 13 amide bonds. The van der Waals surface area contributed by atoms with Crippen LogP contribution in [-0.4, -0.2) is 229 Å². The first kappa shape index (κ1) is 99.5. The summed E-state index contributed by atoms with van der Waals surface area (Å²) in [5, 5.41) is 50.2. The molecular formula is C79H121N14O23P. The third-order valence-corrected chi connectivity index (χ3v) is 20.4. The number of amides is 13.